The summed E-state index contributed by atoms with van der Waals surface area (Å²) in [5, 5.41) is 8.80. The molecule has 0 saturated carbocycles. The first kappa shape index (κ1) is 11.0. The summed E-state index contributed by atoms with van der Waals surface area (Å²) in [6, 6.07) is 16.4. The highest BCUT2D eigenvalue weighted by molar-refractivity contribution is 7.26. The van der Waals surface area contributed by atoms with Crippen LogP contribution in [0.25, 0.3) is 42.9 Å². The maximum absolute atomic E-state index is 4.66. The smallest absolute Gasteiger partial charge is 0.158 e. The van der Waals surface area contributed by atoms with Gasteiger partial charge in [-0.2, -0.15) is 5.10 Å². The van der Waals surface area contributed by atoms with Gasteiger partial charge < -0.3 is 4.98 Å². The zero-order valence-electron chi connectivity index (χ0n) is 10.9. The Hall–Kier alpha value is -2.66. The van der Waals surface area contributed by atoms with E-state index in [-0.39, 0.29) is 0 Å². The molecule has 5 heteroatoms. The maximum atomic E-state index is 4.66. The van der Waals surface area contributed by atoms with Crippen LogP contribution in [0.1, 0.15) is 0 Å². The summed E-state index contributed by atoms with van der Waals surface area (Å²) in [6.45, 7) is 0. The lowest BCUT2D eigenvalue weighted by Crippen LogP contribution is -1.80. The van der Waals surface area contributed by atoms with Gasteiger partial charge in [-0.25, -0.2) is 4.98 Å². The first-order valence-electron chi connectivity index (χ1n) is 6.71. The molecule has 100 valence electrons. The van der Waals surface area contributed by atoms with Gasteiger partial charge >= 0.3 is 0 Å². The molecule has 21 heavy (non-hydrogen) atoms. The first-order chi connectivity index (χ1) is 10.4. The molecule has 0 amide bonds. The van der Waals surface area contributed by atoms with Gasteiger partial charge in [0, 0.05) is 10.1 Å². The molecule has 2 aromatic carbocycles. The summed E-state index contributed by atoms with van der Waals surface area (Å²) in [7, 11) is 0. The molecule has 0 radical (unpaired) electrons. The summed E-state index contributed by atoms with van der Waals surface area (Å²) in [4.78, 5) is 8.01. The third-order valence-corrected chi connectivity index (χ3v) is 4.88. The highest BCUT2D eigenvalue weighted by atomic mass is 32.1. The number of aromatic nitrogens is 4. The van der Waals surface area contributed by atoms with E-state index >= 15 is 0 Å². The Bertz CT molecular complexity index is 1070. The van der Waals surface area contributed by atoms with Gasteiger partial charge in [-0.15, -0.1) is 11.3 Å². The van der Waals surface area contributed by atoms with Crippen molar-refractivity contribution in [3.63, 3.8) is 0 Å². The maximum Gasteiger partial charge on any atom is 0.158 e. The number of nitrogens with zero attached hydrogens (tertiary/aromatic N) is 2. The number of hydrogen-bond acceptors (Lipinski definition) is 3. The van der Waals surface area contributed by atoms with Gasteiger partial charge in [0.2, 0.25) is 0 Å². The fourth-order valence-corrected chi connectivity index (χ4v) is 3.84. The highest BCUT2D eigenvalue weighted by Crippen LogP contribution is 2.37. The van der Waals surface area contributed by atoms with E-state index in [4.69, 9.17) is 0 Å². The van der Waals surface area contributed by atoms with Crippen molar-refractivity contribution in [3.8, 4) is 11.5 Å². The fraction of sp³-hybridized carbons (Fsp3) is 0. The standard InChI is InChI=1S/C16H10N4S/c1-4-8-12-9(5-1)13-15(21-12)14(20-19-13)16-17-10-6-2-3-7-11(10)18-16/h1-8H,(H,17,18)(H,19,20). The largest absolute Gasteiger partial charge is 0.337 e. The van der Waals surface area contributed by atoms with E-state index in [1.165, 1.54) is 10.1 Å². The van der Waals surface area contributed by atoms with Crippen molar-refractivity contribution in [1.29, 1.82) is 0 Å². The van der Waals surface area contributed by atoms with Crippen LogP contribution in [0.2, 0.25) is 0 Å². The number of aromatic amines is 2. The van der Waals surface area contributed by atoms with Crippen molar-refractivity contribution in [2.75, 3.05) is 0 Å². The Balaban J connectivity index is 1.83. The van der Waals surface area contributed by atoms with Gasteiger partial charge in [-0.3, -0.25) is 5.10 Å². The molecule has 4 nitrogen and oxygen atoms in total. The van der Waals surface area contributed by atoms with Crippen LogP contribution in [-0.2, 0) is 0 Å². The topological polar surface area (TPSA) is 57.4 Å². The van der Waals surface area contributed by atoms with Crippen molar-refractivity contribution in [3.05, 3.63) is 48.5 Å². The zero-order chi connectivity index (χ0) is 13.8. The van der Waals surface area contributed by atoms with E-state index in [0.717, 1.165) is 32.8 Å². The highest BCUT2D eigenvalue weighted by Gasteiger charge is 2.16. The number of imidazole rings is 1. The quantitative estimate of drug-likeness (QED) is 0.483. The Morgan fingerprint density at radius 3 is 2.76 bits per heavy atom. The van der Waals surface area contributed by atoms with Crippen LogP contribution in [0.15, 0.2) is 48.5 Å². The minimum atomic E-state index is 0.838. The summed E-state index contributed by atoms with van der Waals surface area (Å²) < 4.78 is 2.40. The minimum absolute atomic E-state index is 0.838. The van der Waals surface area contributed by atoms with Crippen molar-refractivity contribution in [2.45, 2.75) is 0 Å². The third-order valence-electron chi connectivity index (χ3n) is 3.70. The van der Waals surface area contributed by atoms with Gasteiger partial charge in [0.15, 0.2) is 5.82 Å². The monoisotopic (exact) mass is 290 g/mol. The predicted octanol–water partition coefficient (Wildman–Crippen LogP) is 4.32. The van der Waals surface area contributed by atoms with Crippen molar-refractivity contribution < 1.29 is 0 Å². The van der Waals surface area contributed by atoms with Crippen molar-refractivity contribution in [2.24, 2.45) is 0 Å². The Labute approximate surface area is 123 Å². The van der Waals surface area contributed by atoms with E-state index in [1.54, 1.807) is 11.3 Å². The van der Waals surface area contributed by atoms with Gasteiger partial charge in [-0.05, 0) is 18.2 Å². The third kappa shape index (κ3) is 1.49. The number of hydrogen-bond donors (Lipinski definition) is 2. The number of thiophene rings is 1. The van der Waals surface area contributed by atoms with Crippen molar-refractivity contribution >= 4 is 42.7 Å². The van der Waals surface area contributed by atoms with Crippen LogP contribution in [0.4, 0.5) is 0 Å². The lowest BCUT2D eigenvalue weighted by atomic mass is 10.2. The van der Waals surface area contributed by atoms with Crippen LogP contribution in [0.5, 0.6) is 0 Å². The summed E-state index contributed by atoms with van der Waals surface area (Å²) in [6.07, 6.45) is 0. The fourth-order valence-electron chi connectivity index (χ4n) is 2.71. The summed E-state index contributed by atoms with van der Waals surface area (Å²) >= 11 is 1.75. The van der Waals surface area contributed by atoms with Crippen molar-refractivity contribution in [1.82, 2.24) is 20.2 Å². The average Bonchev–Trinajstić information content (AvgIpc) is 3.19. The van der Waals surface area contributed by atoms with E-state index < -0.39 is 0 Å². The van der Waals surface area contributed by atoms with Crippen LogP contribution in [-0.4, -0.2) is 20.2 Å². The molecule has 0 unspecified atom stereocenters. The molecule has 5 aromatic rings. The molecule has 0 aliphatic carbocycles. The molecule has 3 heterocycles. The average molecular weight is 290 g/mol. The molecule has 0 aliphatic rings. The molecule has 0 fully saturated rings. The van der Waals surface area contributed by atoms with E-state index in [9.17, 15) is 0 Å². The number of benzene rings is 2. The van der Waals surface area contributed by atoms with E-state index in [2.05, 4.69) is 38.4 Å². The number of nitrogens with one attached hydrogen (secondary N) is 2. The van der Waals surface area contributed by atoms with Gasteiger partial charge in [-0.1, -0.05) is 30.3 Å². The van der Waals surface area contributed by atoms with E-state index in [0.29, 0.717) is 0 Å². The summed E-state index contributed by atoms with van der Waals surface area (Å²) in [5.41, 5.74) is 3.99. The van der Waals surface area contributed by atoms with Crippen LogP contribution < -0.4 is 0 Å². The molecule has 3 aromatic heterocycles. The Morgan fingerprint density at radius 1 is 0.952 bits per heavy atom. The first-order valence-corrected chi connectivity index (χ1v) is 7.52. The van der Waals surface area contributed by atoms with E-state index in [1.807, 2.05) is 30.3 Å². The second-order valence-electron chi connectivity index (χ2n) is 4.98. The minimum Gasteiger partial charge on any atom is -0.337 e. The van der Waals surface area contributed by atoms with Gasteiger partial charge in [0.05, 0.1) is 15.7 Å². The molecular formula is C16H10N4S. The zero-order valence-corrected chi connectivity index (χ0v) is 11.7. The molecule has 0 aliphatic heterocycles. The second kappa shape index (κ2) is 3.93. The number of H-pyrrole nitrogens is 2. The lowest BCUT2D eigenvalue weighted by molar-refractivity contribution is 1.11. The normalized spacial score (nSPS) is 11.8. The molecule has 2 N–H and O–H groups in total. The molecule has 0 bridgehead atoms. The van der Waals surface area contributed by atoms with Gasteiger partial charge in [0.25, 0.3) is 0 Å². The molecule has 0 atom stereocenters. The molecule has 0 spiro atoms. The van der Waals surface area contributed by atoms with Crippen LogP contribution in [0.3, 0.4) is 0 Å². The number of para-hydroxylation sites is 2. The molecule has 5 rings (SSSR count). The molecule has 0 saturated heterocycles. The summed E-state index contributed by atoms with van der Waals surface area (Å²) in [5.74, 6) is 0.838. The predicted molar refractivity (Wildman–Crippen MR) is 86.6 cm³/mol. The molecular weight excluding hydrogens is 280 g/mol. The Kier molecular flexibility index (Phi) is 2.07. The van der Waals surface area contributed by atoms with Gasteiger partial charge in [0.1, 0.15) is 11.2 Å². The van der Waals surface area contributed by atoms with Crippen LogP contribution in [0, 0.1) is 0 Å². The second-order valence-corrected chi connectivity index (χ2v) is 6.03. The number of fused-ring (bicyclic) bond motifs is 4. The number of rotatable bonds is 1. The Morgan fingerprint density at radius 2 is 1.81 bits per heavy atom. The SMILES string of the molecule is c1ccc2[nH]c(-c3[nH]nc4c3sc3ccccc34)nc2c1. The lowest BCUT2D eigenvalue weighted by Gasteiger charge is -1.89. The van der Waals surface area contributed by atoms with Crippen LogP contribution >= 0.6 is 11.3 Å².